The molecule has 0 aliphatic carbocycles. The maximum atomic E-state index is 9.88. The maximum absolute atomic E-state index is 9.88. The lowest BCUT2D eigenvalue weighted by atomic mass is 10.1. The van der Waals surface area contributed by atoms with Crippen LogP contribution in [0.5, 0.6) is 5.75 Å². The van der Waals surface area contributed by atoms with Crippen LogP contribution in [0.25, 0.3) is 33.1 Å². The van der Waals surface area contributed by atoms with Crippen molar-refractivity contribution in [3.63, 3.8) is 0 Å². The van der Waals surface area contributed by atoms with Gasteiger partial charge in [-0.3, -0.25) is 0 Å². The molecule has 1 heterocycles. The molecule has 0 bridgehead atoms. The summed E-state index contributed by atoms with van der Waals surface area (Å²) in [5.74, 6) is 0.374. The Labute approximate surface area is 144 Å². The Hall–Kier alpha value is -2.65. The van der Waals surface area contributed by atoms with E-state index < -0.39 is 0 Å². The largest absolute Gasteiger partial charge is 0.507 e. The van der Waals surface area contributed by atoms with Gasteiger partial charge < -0.3 is 5.11 Å². The summed E-state index contributed by atoms with van der Waals surface area (Å²) in [6.07, 6.45) is 4.10. The van der Waals surface area contributed by atoms with Gasteiger partial charge in [-0.05, 0) is 60.2 Å². The highest BCUT2D eigenvalue weighted by Crippen LogP contribution is 2.30. The average molecular weight is 331 g/mol. The molecule has 0 unspecified atom stereocenters. The van der Waals surface area contributed by atoms with Gasteiger partial charge in [-0.15, -0.1) is 11.3 Å². The number of nitrogens with zero attached hydrogens (tertiary/aromatic N) is 1. The Morgan fingerprint density at radius 3 is 2.50 bits per heavy atom. The quantitative estimate of drug-likeness (QED) is 0.493. The van der Waals surface area contributed by atoms with E-state index in [0.717, 1.165) is 27.2 Å². The lowest BCUT2D eigenvalue weighted by Gasteiger charge is -2.04. The number of aromatic nitrogens is 1. The number of aromatic hydroxyl groups is 1. The van der Waals surface area contributed by atoms with Gasteiger partial charge in [-0.1, -0.05) is 36.4 Å². The predicted molar refractivity (Wildman–Crippen MR) is 104 cm³/mol. The zero-order valence-electron chi connectivity index (χ0n) is 13.6. The highest BCUT2D eigenvalue weighted by molar-refractivity contribution is 7.19. The number of hydrogen-bond acceptors (Lipinski definition) is 3. The molecule has 0 saturated heterocycles. The van der Waals surface area contributed by atoms with Crippen molar-refractivity contribution in [3.8, 4) is 5.75 Å². The van der Waals surface area contributed by atoms with Crippen molar-refractivity contribution in [2.24, 2.45) is 0 Å². The van der Waals surface area contributed by atoms with E-state index in [1.54, 1.807) is 11.3 Å². The number of rotatable bonds is 2. The molecule has 0 radical (unpaired) electrons. The first-order valence-electron chi connectivity index (χ1n) is 7.88. The summed E-state index contributed by atoms with van der Waals surface area (Å²) in [4.78, 5) is 4.80. The Balaban J connectivity index is 1.76. The Morgan fingerprint density at radius 2 is 1.71 bits per heavy atom. The molecule has 118 valence electrons. The van der Waals surface area contributed by atoms with Crippen LogP contribution >= 0.6 is 11.3 Å². The zero-order valence-corrected chi connectivity index (χ0v) is 14.4. The summed E-state index contributed by atoms with van der Waals surface area (Å²) in [6, 6.07) is 16.6. The van der Waals surface area contributed by atoms with Gasteiger partial charge in [0.1, 0.15) is 10.8 Å². The first kappa shape index (κ1) is 14.9. The van der Waals surface area contributed by atoms with Crippen LogP contribution in [-0.2, 0) is 0 Å². The molecule has 0 atom stereocenters. The van der Waals surface area contributed by atoms with Crippen molar-refractivity contribution in [2.45, 2.75) is 13.8 Å². The Kier molecular flexibility index (Phi) is 3.58. The number of fused-ring (bicyclic) bond motifs is 3. The minimum absolute atomic E-state index is 0.374. The van der Waals surface area contributed by atoms with E-state index >= 15 is 0 Å². The van der Waals surface area contributed by atoms with Crippen LogP contribution in [0.4, 0.5) is 0 Å². The molecular weight excluding hydrogens is 314 g/mol. The molecule has 2 nitrogen and oxygen atoms in total. The molecule has 0 fully saturated rings. The molecule has 1 N–H and O–H groups in total. The molecule has 0 amide bonds. The number of phenolic OH excluding ortho intramolecular Hbond substituents is 1. The van der Waals surface area contributed by atoms with E-state index in [1.807, 2.05) is 32.1 Å². The lowest BCUT2D eigenvalue weighted by Crippen LogP contribution is -1.83. The summed E-state index contributed by atoms with van der Waals surface area (Å²) >= 11 is 1.70. The molecule has 3 aromatic carbocycles. The molecular formula is C21H17NOS. The number of hydrogen-bond donors (Lipinski definition) is 1. The third kappa shape index (κ3) is 2.57. The molecule has 0 aliphatic rings. The second-order valence-electron chi connectivity index (χ2n) is 6.02. The predicted octanol–water partition coefficient (Wildman–Crippen LogP) is 5.94. The third-order valence-electron chi connectivity index (χ3n) is 4.23. The smallest absolute Gasteiger partial charge is 0.121 e. The molecule has 1 aromatic heterocycles. The molecule has 0 aliphatic heterocycles. The Morgan fingerprint density at radius 1 is 0.958 bits per heavy atom. The average Bonchev–Trinajstić information content (AvgIpc) is 3.01. The van der Waals surface area contributed by atoms with Gasteiger partial charge in [0.2, 0.25) is 0 Å². The van der Waals surface area contributed by atoms with E-state index in [0.29, 0.717) is 5.75 Å². The van der Waals surface area contributed by atoms with Crippen molar-refractivity contribution in [3.05, 3.63) is 70.2 Å². The second kappa shape index (κ2) is 5.77. The minimum Gasteiger partial charge on any atom is -0.507 e. The molecule has 4 rings (SSSR count). The summed E-state index contributed by atoms with van der Waals surface area (Å²) in [5.41, 5.74) is 3.93. The van der Waals surface area contributed by atoms with Crippen LogP contribution in [0.1, 0.15) is 21.7 Å². The van der Waals surface area contributed by atoms with Gasteiger partial charge in [-0.25, -0.2) is 4.98 Å². The molecule has 24 heavy (non-hydrogen) atoms. The fourth-order valence-corrected chi connectivity index (χ4v) is 3.89. The number of aryl methyl sites for hydroxylation is 2. The first-order valence-corrected chi connectivity index (χ1v) is 8.70. The molecule has 3 heteroatoms. The number of benzene rings is 3. The van der Waals surface area contributed by atoms with Crippen molar-refractivity contribution in [1.29, 1.82) is 0 Å². The molecule has 4 aromatic rings. The van der Waals surface area contributed by atoms with Crippen molar-refractivity contribution < 1.29 is 5.11 Å². The van der Waals surface area contributed by atoms with Crippen LogP contribution in [0, 0.1) is 13.8 Å². The van der Waals surface area contributed by atoms with Gasteiger partial charge in [-0.2, -0.15) is 0 Å². The number of thiazole rings is 1. The zero-order chi connectivity index (χ0) is 16.7. The highest BCUT2D eigenvalue weighted by Gasteiger charge is 2.06. The van der Waals surface area contributed by atoms with Crippen molar-refractivity contribution in [1.82, 2.24) is 4.98 Å². The Bertz CT molecular complexity index is 1070. The standard InChI is InChI=1S/C21H17NOS/c1-13-11-15(12-14(2)21(13)23)7-10-19-22-20-17-6-4-3-5-16(17)8-9-18(20)24-19/h3-12,23H,1-2H3/b10-7+. The van der Waals surface area contributed by atoms with Crippen molar-refractivity contribution in [2.75, 3.05) is 0 Å². The van der Waals surface area contributed by atoms with Gasteiger partial charge in [0.25, 0.3) is 0 Å². The lowest BCUT2D eigenvalue weighted by molar-refractivity contribution is 0.467. The summed E-state index contributed by atoms with van der Waals surface area (Å²) in [5, 5.41) is 13.3. The van der Waals surface area contributed by atoms with Crippen LogP contribution in [0.15, 0.2) is 48.5 Å². The van der Waals surface area contributed by atoms with Crippen LogP contribution in [0.2, 0.25) is 0 Å². The van der Waals surface area contributed by atoms with Crippen LogP contribution < -0.4 is 0 Å². The van der Waals surface area contributed by atoms with E-state index in [4.69, 9.17) is 4.98 Å². The van der Waals surface area contributed by atoms with Gasteiger partial charge in [0, 0.05) is 5.39 Å². The number of phenols is 1. The SMILES string of the molecule is Cc1cc(/C=C/c2nc3c(ccc4ccccc43)s2)cc(C)c1O. The monoisotopic (exact) mass is 331 g/mol. The third-order valence-corrected chi connectivity index (χ3v) is 5.22. The maximum Gasteiger partial charge on any atom is 0.121 e. The van der Waals surface area contributed by atoms with E-state index in [1.165, 1.54) is 15.5 Å². The summed E-state index contributed by atoms with van der Waals surface area (Å²) in [6.45, 7) is 3.84. The minimum atomic E-state index is 0.374. The molecule has 0 saturated carbocycles. The van der Waals surface area contributed by atoms with Gasteiger partial charge in [0.05, 0.1) is 10.2 Å². The van der Waals surface area contributed by atoms with Crippen LogP contribution in [-0.4, -0.2) is 10.1 Å². The topological polar surface area (TPSA) is 33.1 Å². The van der Waals surface area contributed by atoms with E-state index in [2.05, 4.69) is 42.5 Å². The summed E-state index contributed by atoms with van der Waals surface area (Å²) < 4.78 is 1.20. The first-order chi connectivity index (χ1) is 11.6. The highest BCUT2D eigenvalue weighted by atomic mass is 32.1. The van der Waals surface area contributed by atoms with Gasteiger partial charge in [0.15, 0.2) is 0 Å². The molecule has 0 spiro atoms. The van der Waals surface area contributed by atoms with Gasteiger partial charge >= 0.3 is 0 Å². The second-order valence-corrected chi connectivity index (χ2v) is 7.08. The fraction of sp³-hybridized carbons (Fsp3) is 0.0952. The van der Waals surface area contributed by atoms with E-state index in [-0.39, 0.29) is 0 Å². The van der Waals surface area contributed by atoms with Crippen molar-refractivity contribution >= 4 is 44.5 Å². The summed E-state index contributed by atoms with van der Waals surface area (Å²) in [7, 11) is 0. The van der Waals surface area contributed by atoms with E-state index in [9.17, 15) is 5.11 Å². The fourth-order valence-electron chi connectivity index (χ4n) is 3.00. The normalized spacial score (nSPS) is 11.8. The van der Waals surface area contributed by atoms with Crippen LogP contribution in [0.3, 0.4) is 0 Å².